The largest absolute Gasteiger partial charge is 0.339 e. The summed E-state index contributed by atoms with van der Waals surface area (Å²) in [6, 6.07) is 4.09. The molecule has 0 spiro atoms. The first-order valence-corrected chi connectivity index (χ1v) is 7.31. The Morgan fingerprint density at radius 3 is 2.71 bits per heavy atom. The molecule has 0 bridgehead atoms. The second kappa shape index (κ2) is 8.43. The number of carbonyl (C=O) groups is 1. The molecule has 0 aliphatic carbocycles. The highest BCUT2D eigenvalue weighted by molar-refractivity contribution is 5.96. The van der Waals surface area contributed by atoms with Gasteiger partial charge in [-0.05, 0) is 31.0 Å². The average Bonchev–Trinajstić information content (AvgIpc) is 2.50. The van der Waals surface area contributed by atoms with Crippen LogP contribution in [0.1, 0.15) is 43.1 Å². The monoisotopic (exact) mass is 290 g/mol. The predicted octanol–water partition coefficient (Wildman–Crippen LogP) is 2.64. The second-order valence-corrected chi connectivity index (χ2v) is 5.05. The lowest BCUT2D eigenvalue weighted by Gasteiger charge is -2.24. The van der Waals surface area contributed by atoms with Crippen LogP contribution in [-0.4, -0.2) is 30.4 Å². The average molecular weight is 290 g/mol. The number of hydrogen-bond acceptors (Lipinski definition) is 2. The molecule has 4 heteroatoms. The highest BCUT2D eigenvalue weighted by atomic mass is 19.1. The van der Waals surface area contributed by atoms with Crippen molar-refractivity contribution in [3.05, 3.63) is 35.1 Å². The van der Waals surface area contributed by atoms with E-state index in [4.69, 9.17) is 5.73 Å². The van der Waals surface area contributed by atoms with Crippen LogP contribution in [0.4, 0.5) is 4.39 Å². The molecule has 2 N–H and O–H groups in total. The van der Waals surface area contributed by atoms with E-state index in [0.29, 0.717) is 30.1 Å². The summed E-state index contributed by atoms with van der Waals surface area (Å²) in [5.74, 6) is 5.34. The van der Waals surface area contributed by atoms with Gasteiger partial charge in [-0.25, -0.2) is 4.39 Å². The molecule has 0 heterocycles. The van der Waals surface area contributed by atoms with Crippen molar-refractivity contribution in [2.75, 3.05) is 19.6 Å². The summed E-state index contributed by atoms with van der Waals surface area (Å²) in [6.45, 7) is 7.55. The van der Waals surface area contributed by atoms with Crippen LogP contribution >= 0.6 is 0 Å². The number of hydrogen-bond donors (Lipinski definition) is 1. The first-order valence-electron chi connectivity index (χ1n) is 7.31. The van der Waals surface area contributed by atoms with Gasteiger partial charge in [0.25, 0.3) is 5.91 Å². The lowest BCUT2D eigenvalue weighted by molar-refractivity contribution is 0.0740. The maximum atomic E-state index is 13.5. The van der Waals surface area contributed by atoms with Crippen molar-refractivity contribution in [2.45, 2.75) is 27.2 Å². The summed E-state index contributed by atoms with van der Waals surface area (Å²) in [5, 5.41) is 0. The summed E-state index contributed by atoms with van der Waals surface area (Å²) < 4.78 is 13.5. The normalized spacial score (nSPS) is 11.5. The van der Waals surface area contributed by atoms with Crippen LogP contribution in [0.15, 0.2) is 18.2 Å². The van der Waals surface area contributed by atoms with Crippen molar-refractivity contribution in [2.24, 2.45) is 11.7 Å². The Kier molecular flexibility index (Phi) is 6.90. The molecular formula is C17H23FN2O. The molecule has 114 valence electrons. The van der Waals surface area contributed by atoms with Gasteiger partial charge in [0.15, 0.2) is 0 Å². The molecule has 0 aliphatic heterocycles. The topological polar surface area (TPSA) is 46.3 Å². The van der Waals surface area contributed by atoms with Gasteiger partial charge in [0.1, 0.15) is 5.82 Å². The van der Waals surface area contributed by atoms with Gasteiger partial charge in [-0.2, -0.15) is 0 Å². The number of benzene rings is 1. The van der Waals surface area contributed by atoms with Crippen molar-refractivity contribution >= 4 is 5.91 Å². The van der Waals surface area contributed by atoms with Crippen LogP contribution in [0.2, 0.25) is 0 Å². The van der Waals surface area contributed by atoms with Crippen molar-refractivity contribution in [1.29, 1.82) is 0 Å². The van der Waals surface area contributed by atoms with Crippen LogP contribution in [-0.2, 0) is 0 Å². The fourth-order valence-corrected chi connectivity index (χ4v) is 1.98. The van der Waals surface area contributed by atoms with Gasteiger partial charge < -0.3 is 10.6 Å². The number of carbonyl (C=O) groups excluding carboxylic acids is 1. The molecule has 1 aromatic carbocycles. The quantitative estimate of drug-likeness (QED) is 0.847. The molecule has 21 heavy (non-hydrogen) atoms. The van der Waals surface area contributed by atoms with Gasteiger partial charge in [-0.15, -0.1) is 0 Å². The Hall–Kier alpha value is -1.86. The highest BCUT2D eigenvalue weighted by Crippen LogP contribution is 2.15. The molecule has 1 unspecified atom stereocenters. The Balaban J connectivity index is 3.11. The molecule has 1 aromatic rings. The van der Waals surface area contributed by atoms with Crippen LogP contribution < -0.4 is 5.73 Å². The number of amides is 1. The van der Waals surface area contributed by atoms with E-state index in [2.05, 4.69) is 25.7 Å². The van der Waals surface area contributed by atoms with E-state index in [9.17, 15) is 9.18 Å². The van der Waals surface area contributed by atoms with Gasteiger partial charge in [-0.1, -0.05) is 32.1 Å². The van der Waals surface area contributed by atoms with E-state index >= 15 is 0 Å². The smallest absolute Gasteiger partial charge is 0.255 e. The number of nitrogens with two attached hydrogens (primary N) is 1. The maximum absolute atomic E-state index is 13.5. The molecule has 0 fully saturated rings. The molecule has 1 rings (SSSR count). The minimum Gasteiger partial charge on any atom is -0.339 e. The third-order valence-corrected chi connectivity index (χ3v) is 3.44. The second-order valence-electron chi connectivity index (χ2n) is 5.05. The van der Waals surface area contributed by atoms with Crippen molar-refractivity contribution in [1.82, 2.24) is 4.90 Å². The van der Waals surface area contributed by atoms with E-state index in [-0.39, 0.29) is 12.5 Å². The number of halogens is 1. The van der Waals surface area contributed by atoms with Crippen LogP contribution in [0.25, 0.3) is 0 Å². The molecule has 1 atom stereocenters. The van der Waals surface area contributed by atoms with Crippen molar-refractivity contribution in [3.8, 4) is 11.8 Å². The SMILES string of the molecule is CCC(C)CN(CC)C(=O)c1cc(F)ccc1C#CCN. The van der Waals surface area contributed by atoms with Gasteiger partial charge >= 0.3 is 0 Å². The number of rotatable bonds is 5. The first-order chi connectivity index (χ1) is 10.0. The molecule has 0 aromatic heterocycles. The zero-order chi connectivity index (χ0) is 15.8. The minimum atomic E-state index is -0.434. The molecule has 0 aliphatic rings. The third kappa shape index (κ3) is 4.87. The maximum Gasteiger partial charge on any atom is 0.255 e. The van der Waals surface area contributed by atoms with Crippen LogP contribution in [0.5, 0.6) is 0 Å². The fourth-order valence-electron chi connectivity index (χ4n) is 1.98. The third-order valence-electron chi connectivity index (χ3n) is 3.44. The molecular weight excluding hydrogens is 267 g/mol. The summed E-state index contributed by atoms with van der Waals surface area (Å²) in [4.78, 5) is 14.4. The van der Waals surface area contributed by atoms with Gasteiger partial charge in [-0.3, -0.25) is 4.79 Å². The lowest BCUT2D eigenvalue weighted by Crippen LogP contribution is -2.35. The molecule has 1 amide bonds. The summed E-state index contributed by atoms with van der Waals surface area (Å²) in [5.41, 5.74) is 6.19. The van der Waals surface area contributed by atoms with Crippen LogP contribution in [0.3, 0.4) is 0 Å². The van der Waals surface area contributed by atoms with Gasteiger partial charge in [0.2, 0.25) is 0 Å². The fraction of sp³-hybridized carbons (Fsp3) is 0.471. The van der Waals surface area contributed by atoms with E-state index in [1.165, 1.54) is 18.2 Å². The van der Waals surface area contributed by atoms with Crippen molar-refractivity contribution in [3.63, 3.8) is 0 Å². The Morgan fingerprint density at radius 2 is 2.14 bits per heavy atom. The Labute approximate surface area is 126 Å². The molecule has 0 saturated carbocycles. The molecule has 0 saturated heterocycles. The van der Waals surface area contributed by atoms with Crippen LogP contribution in [0, 0.1) is 23.6 Å². The zero-order valence-electron chi connectivity index (χ0n) is 12.9. The Bertz CT molecular complexity index is 545. The summed E-state index contributed by atoms with van der Waals surface area (Å²) in [7, 11) is 0. The van der Waals surface area contributed by atoms with Gasteiger partial charge in [0, 0.05) is 18.7 Å². The standard InChI is InChI=1S/C17H23FN2O/c1-4-13(3)12-20(5-2)17(21)16-11-15(18)9-8-14(16)7-6-10-19/h8-9,11,13H,4-5,10,12,19H2,1-3H3. The summed E-state index contributed by atoms with van der Waals surface area (Å²) in [6.07, 6.45) is 0.993. The van der Waals surface area contributed by atoms with Crippen molar-refractivity contribution < 1.29 is 9.18 Å². The lowest BCUT2D eigenvalue weighted by atomic mass is 10.0. The van der Waals surface area contributed by atoms with E-state index in [0.717, 1.165) is 6.42 Å². The highest BCUT2D eigenvalue weighted by Gasteiger charge is 2.19. The van der Waals surface area contributed by atoms with E-state index in [1.54, 1.807) is 4.90 Å². The van der Waals surface area contributed by atoms with E-state index < -0.39 is 5.82 Å². The first kappa shape index (κ1) is 17.2. The minimum absolute atomic E-state index is 0.182. The molecule has 3 nitrogen and oxygen atoms in total. The Morgan fingerprint density at radius 1 is 1.43 bits per heavy atom. The molecule has 0 radical (unpaired) electrons. The van der Waals surface area contributed by atoms with E-state index in [1.807, 2.05) is 6.92 Å². The predicted molar refractivity (Wildman–Crippen MR) is 83.4 cm³/mol. The summed E-state index contributed by atoms with van der Waals surface area (Å²) >= 11 is 0. The zero-order valence-corrected chi connectivity index (χ0v) is 12.9. The number of nitrogens with zero attached hydrogens (tertiary/aromatic N) is 1. The van der Waals surface area contributed by atoms with Gasteiger partial charge in [0.05, 0.1) is 12.1 Å².